The fourth-order valence-corrected chi connectivity index (χ4v) is 3.51. The zero-order chi connectivity index (χ0) is 12.5. The monoisotopic (exact) mass is 259 g/mol. The van der Waals surface area contributed by atoms with E-state index >= 15 is 0 Å². The Labute approximate surface area is 101 Å². The second-order valence-corrected chi connectivity index (χ2v) is 6.41. The lowest BCUT2D eigenvalue weighted by Gasteiger charge is -2.29. The van der Waals surface area contributed by atoms with Crippen molar-refractivity contribution in [1.29, 1.82) is 0 Å². The zero-order valence-corrected chi connectivity index (χ0v) is 10.6. The van der Waals surface area contributed by atoms with Crippen molar-refractivity contribution in [2.45, 2.75) is 31.6 Å². The van der Waals surface area contributed by atoms with Crippen LogP contribution in [0.4, 0.5) is 0 Å². The summed E-state index contributed by atoms with van der Waals surface area (Å²) in [5.41, 5.74) is 6.23. The maximum atomic E-state index is 12.1. The highest BCUT2D eigenvalue weighted by Crippen LogP contribution is 2.16. The molecular weight excluding hydrogens is 242 g/mol. The van der Waals surface area contributed by atoms with Gasteiger partial charge < -0.3 is 10.3 Å². The van der Waals surface area contributed by atoms with Gasteiger partial charge in [-0.3, -0.25) is 0 Å². The third-order valence-corrected chi connectivity index (χ3v) is 4.60. The number of piperidine rings is 1. The Kier molecular flexibility index (Phi) is 3.50. The molecule has 0 aliphatic carbocycles. The van der Waals surface area contributed by atoms with E-state index < -0.39 is 10.0 Å². The van der Waals surface area contributed by atoms with E-state index in [1.54, 1.807) is 13.0 Å². The van der Waals surface area contributed by atoms with E-state index in [9.17, 15) is 8.42 Å². The first-order valence-corrected chi connectivity index (χ1v) is 7.24. The Morgan fingerprint density at radius 3 is 3.00 bits per heavy atom. The normalized spacial score (nSPS) is 22.8. The Balaban J connectivity index is 2.08. The van der Waals surface area contributed by atoms with Crippen LogP contribution in [0.2, 0.25) is 0 Å². The molecule has 1 aromatic heterocycles. The summed E-state index contributed by atoms with van der Waals surface area (Å²) in [6.07, 6.45) is 1.70. The molecule has 0 amide bonds. The second kappa shape index (κ2) is 4.75. The minimum absolute atomic E-state index is 0.0578. The van der Waals surface area contributed by atoms with Crippen LogP contribution in [-0.2, 0) is 15.8 Å². The maximum absolute atomic E-state index is 12.1. The van der Waals surface area contributed by atoms with Crippen molar-refractivity contribution in [3.8, 4) is 0 Å². The predicted molar refractivity (Wildman–Crippen MR) is 62.6 cm³/mol. The third kappa shape index (κ3) is 3.05. The molecule has 1 aliphatic heterocycles. The molecule has 1 aliphatic rings. The van der Waals surface area contributed by atoms with Gasteiger partial charge in [-0.2, -0.15) is 0 Å². The van der Waals surface area contributed by atoms with Gasteiger partial charge in [0.05, 0.1) is 0 Å². The average Bonchev–Trinajstić information content (AvgIpc) is 2.63. The average molecular weight is 259 g/mol. The first-order chi connectivity index (χ1) is 7.97. The van der Waals surface area contributed by atoms with Gasteiger partial charge in [0, 0.05) is 25.2 Å². The molecule has 2 heterocycles. The molecule has 2 N–H and O–H groups in total. The Hall–Kier alpha value is -0.920. The molecule has 1 aromatic rings. The van der Waals surface area contributed by atoms with Gasteiger partial charge in [-0.1, -0.05) is 5.16 Å². The minimum atomic E-state index is -3.33. The van der Waals surface area contributed by atoms with Gasteiger partial charge in [0.2, 0.25) is 10.0 Å². The number of rotatable bonds is 3. The fraction of sp³-hybridized carbons (Fsp3) is 0.700. The molecule has 6 nitrogen and oxygen atoms in total. The van der Waals surface area contributed by atoms with Gasteiger partial charge in [-0.05, 0) is 19.8 Å². The van der Waals surface area contributed by atoms with Crippen LogP contribution in [-0.4, -0.2) is 37.0 Å². The molecule has 2 rings (SSSR count). The highest BCUT2D eigenvalue weighted by molar-refractivity contribution is 7.88. The summed E-state index contributed by atoms with van der Waals surface area (Å²) in [6.45, 7) is 2.69. The number of hydrogen-bond acceptors (Lipinski definition) is 5. The van der Waals surface area contributed by atoms with Crippen LogP contribution in [0, 0.1) is 6.92 Å². The molecule has 1 fully saturated rings. The van der Waals surface area contributed by atoms with Crippen molar-refractivity contribution in [2.24, 2.45) is 5.73 Å². The van der Waals surface area contributed by atoms with E-state index in [4.69, 9.17) is 10.3 Å². The summed E-state index contributed by atoms with van der Waals surface area (Å²) in [4.78, 5) is 0. The van der Waals surface area contributed by atoms with Gasteiger partial charge in [0.15, 0.2) is 0 Å². The lowest BCUT2D eigenvalue weighted by molar-refractivity contribution is 0.315. The van der Waals surface area contributed by atoms with Crippen molar-refractivity contribution in [3.05, 3.63) is 17.5 Å². The standard InChI is InChI=1S/C10H17N3O3S/c1-8-5-10(12-16-8)7-17(14,15)13-4-2-3-9(11)6-13/h5,9H,2-4,6-7,11H2,1H3/t9-/m1/s1. The summed E-state index contributed by atoms with van der Waals surface area (Å²) >= 11 is 0. The number of hydrogen-bond donors (Lipinski definition) is 1. The molecule has 0 unspecified atom stereocenters. The van der Waals surface area contributed by atoms with Crippen LogP contribution in [0.25, 0.3) is 0 Å². The molecule has 1 atom stereocenters. The number of nitrogens with two attached hydrogens (primary N) is 1. The molecule has 1 saturated heterocycles. The lowest BCUT2D eigenvalue weighted by atomic mass is 10.1. The van der Waals surface area contributed by atoms with Gasteiger partial charge in [0.1, 0.15) is 17.2 Å². The highest BCUT2D eigenvalue weighted by atomic mass is 32.2. The Morgan fingerprint density at radius 1 is 1.65 bits per heavy atom. The van der Waals surface area contributed by atoms with Crippen LogP contribution in [0.1, 0.15) is 24.3 Å². The largest absolute Gasteiger partial charge is 0.361 e. The maximum Gasteiger partial charge on any atom is 0.220 e. The van der Waals surface area contributed by atoms with Gasteiger partial charge in [0.25, 0.3) is 0 Å². The van der Waals surface area contributed by atoms with Gasteiger partial charge >= 0.3 is 0 Å². The first kappa shape index (κ1) is 12.5. The van der Waals surface area contributed by atoms with E-state index in [0.29, 0.717) is 24.5 Å². The minimum Gasteiger partial charge on any atom is -0.361 e. The second-order valence-electron chi connectivity index (χ2n) is 4.45. The van der Waals surface area contributed by atoms with Crippen LogP contribution in [0.3, 0.4) is 0 Å². The van der Waals surface area contributed by atoms with Crippen molar-refractivity contribution in [3.63, 3.8) is 0 Å². The molecular formula is C10H17N3O3S. The van der Waals surface area contributed by atoms with Crippen molar-refractivity contribution >= 4 is 10.0 Å². The topological polar surface area (TPSA) is 89.4 Å². The zero-order valence-electron chi connectivity index (χ0n) is 9.80. The summed E-state index contributed by atoms with van der Waals surface area (Å²) in [5, 5.41) is 3.70. The number of nitrogens with zero attached hydrogens (tertiary/aromatic N) is 2. The fourth-order valence-electron chi connectivity index (χ4n) is 1.99. The molecule has 0 radical (unpaired) electrons. The predicted octanol–water partition coefficient (Wildman–Crippen LogP) is 0.236. The molecule has 17 heavy (non-hydrogen) atoms. The lowest BCUT2D eigenvalue weighted by Crippen LogP contribution is -2.46. The number of aromatic nitrogens is 1. The van der Waals surface area contributed by atoms with Crippen molar-refractivity contribution in [2.75, 3.05) is 13.1 Å². The van der Waals surface area contributed by atoms with E-state index in [1.165, 1.54) is 4.31 Å². The molecule has 0 spiro atoms. The van der Waals surface area contributed by atoms with Crippen LogP contribution in [0.15, 0.2) is 10.6 Å². The first-order valence-electron chi connectivity index (χ1n) is 5.63. The Morgan fingerprint density at radius 2 is 2.41 bits per heavy atom. The van der Waals surface area contributed by atoms with E-state index in [0.717, 1.165) is 12.8 Å². The highest BCUT2D eigenvalue weighted by Gasteiger charge is 2.28. The third-order valence-electron chi connectivity index (χ3n) is 2.82. The summed E-state index contributed by atoms with van der Waals surface area (Å²) in [7, 11) is -3.33. The van der Waals surface area contributed by atoms with Crippen LogP contribution >= 0.6 is 0 Å². The SMILES string of the molecule is Cc1cc(CS(=O)(=O)N2CCC[C@@H](N)C2)no1. The summed E-state index contributed by atoms with van der Waals surface area (Å²) in [6, 6.07) is 1.58. The van der Waals surface area contributed by atoms with Crippen molar-refractivity contribution < 1.29 is 12.9 Å². The molecule has 0 aromatic carbocycles. The van der Waals surface area contributed by atoms with Crippen LogP contribution < -0.4 is 5.73 Å². The Bertz CT molecular complexity index is 483. The molecule has 96 valence electrons. The molecule has 0 bridgehead atoms. The molecule has 7 heteroatoms. The number of aryl methyl sites for hydroxylation is 1. The summed E-state index contributed by atoms with van der Waals surface area (Å²) in [5.74, 6) is 0.502. The van der Waals surface area contributed by atoms with E-state index in [1.807, 2.05) is 0 Å². The summed E-state index contributed by atoms with van der Waals surface area (Å²) < 4.78 is 30.5. The number of sulfonamides is 1. The van der Waals surface area contributed by atoms with E-state index in [2.05, 4.69) is 5.16 Å². The molecule has 0 saturated carbocycles. The quantitative estimate of drug-likeness (QED) is 0.839. The van der Waals surface area contributed by atoms with Gasteiger partial charge in [-0.25, -0.2) is 12.7 Å². The van der Waals surface area contributed by atoms with Crippen LogP contribution in [0.5, 0.6) is 0 Å². The van der Waals surface area contributed by atoms with E-state index in [-0.39, 0.29) is 11.8 Å². The smallest absolute Gasteiger partial charge is 0.220 e. The van der Waals surface area contributed by atoms with Gasteiger partial charge in [-0.15, -0.1) is 0 Å². The van der Waals surface area contributed by atoms with Crippen molar-refractivity contribution in [1.82, 2.24) is 9.46 Å².